The number of hydrogen-bond acceptors (Lipinski definition) is 3. The molecule has 0 aromatic heterocycles. The van der Waals surface area contributed by atoms with Crippen LogP contribution in [0.3, 0.4) is 0 Å². The van der Waals surface area contributed by atoms with Crippen LogP contribution in [0.15, 0.2) is 59.1 Å². The molecule has 0 saturated carbocycles. The lowest BCUT2D eigenvalue weighted by Gasteiger charge is -2.37. The van der Waals surface area contributed by atoms with E-state index in [0.29, 0.717) is 11.8 Å². The van der Waals surface area contributed by atoms with Crippen LogP contribution >= 0.6 is 15.9 Å². The van der Waals surface area contributed by atoms with E-state index in [9.17, 15) is 10.1 Å². The third-order valence-electron chi connectivity index (χ3n) is 4.76. The molecule has 116 valence electrons. The van der Waals surface area contributed by atoms with E-state index < -0.39 is 0 Å². The number of nitrogens with one attached hydrogen (secondary N) is 1. The molecule has 23 heavy (non-hydrogen) atoms. The van der Waals surface area contributed by atoms with Gasteiger partial charge in [-0.1, -0.05) is 40.2 Å². The summed E-state index contributed by atoms with van der Waals surface area (Å²) in [6.07, 6.45) is 5.47. The smallest absolute Gasteiger partial charge is 0.269 e. The van der Waals surface area contributed by atoms with Crippen LogP contribution in [0.2, 0.25) is 0 Å². The summed E-state index contributed by atoms with van der Waals surface area (Å²) in [6.45, 7) is 0. The molecule has 0 bridgehead atoms. The summed E-state index contributed by atoms with van der Waals surface area (Å²) < 4.78 is 1.07. The molecule has 0 amide bonds. The first-order chi connectivity index (χ1) is 11.1. The Labute approximate surface area is 142 Å². The van der Waals surface area contributed by atoms with E-state index in [1.165, 1.54) is 5.56 Å². The van der Waals surface area contributed by atoms with Crippen LogP contribution in [-0.2, 0) is 0 Å². The van der Waals surface area contributed by atoms with Crippen molar-refractivity contribution < 1.29 is 4.92 Å². The van der Waals surface area contributed by atoms with Gasteiger partial charge in [0.25, 0.3) is 5.69 Å². The normalized spacial score (nSPS) is 24.7. The zero-order chi connectivity index (χ0) is 16.0. The molecule has 1 aliphatic carbocycles. The van der Waals surface area contributed by atoms with E-state index in [0.717, 1.165) is 22.1 Å². The van der Waals surface area contributed by atoms with Crippen LogP contribution in [-0.4, -0.2) is 4.92 Å². The van der Waals surface area contributed by atoms with Crippen molar-refractivity contribution in [1.82, 2.24) is 0 Å². The number of benzene rings is 2. The van der Waals surface area contributed by atoms with E-state index >= 15 is 0 Å². The highest BCUT2D eigenvalue weighted by Crippen LogP contribution is 2.50. The van der Waals surface area contributed by atoms with Crippen molar-refractivity contribution in [2.75, 3.05) is 5.32 Å². The summed E-state index contributed by atoms with van der Waals surface area (Å²) in [5.74, 6) is 0.742. The van der Waals surface area contributed by atoms with Crippen molar-refractivity contribution in [3.63, 3.8) is 0 Å². The van der Waals surface area contributed by atoms with Crippen molar-refractivity contribution in [2.24, 2.45) is 5.92 Å². The Balaban J connectivity index is 1.78. The maximum Gasteiger partial charge on any atom is 0.269 e. The van der Waals surface area contributed by atoms with Gasteiger partial charge in [0.15, 0.2) is 0 Å². The minimum absolute atomic E-state index is 0.0866. The van der Waals surface area contributed by atoms with E-state index in [1.54, 1.807) is 18.2 Å². The molecule has 2 aromatic rings. The highest BCUT2D eigenvalue weighted by atomic mass is 79.9. The van der Waals surface area contributed by atoms with Crippen molar-refractivity contribution in [3.05, 3.63) is 80.3 Å². The number of allylic oxidation sites excluding steroid dienone is 2. The van der Waals surface area contributed by atoms with Gasteiger partial charge in [-0.05, 0) is 41.7 Å². The minimum atomic E-state index is -0.332. The van der Waals surface area contributed by atoms with Gasteiger partial charge < -0.3 is 5.32 Å². The fourth-order valence-corrected chi connectivity index (χ4v) is 4.11. The van der Waals surface area contributed by atoms with Crippen LogP contribution in [0.4, 0.5) is 11.4 Å². The van der Waals surface area contributed by atoms with Crippen LogP contribution in [0.5, 0.6) is 0 Å². The lowest BCUT2D eigenvalue weighted by atomic mass is 9.77. The number of non-ortho nitro benzene ring substituents is 1. The molecule has 4 nitrogen and oxygen atoms in total. The Kier molecular flexibility index (Phi) is 3.45. The number of halogens is 1. The van der Waals surface area contributed by atoms with Gasteiger partial charge in [0.05, 0.1) is 11.0 Å². The number of nitro groups is 1. The molecule has 1 N–H and O–H groups in total. The number of nitro benzene ring substituents is 1. The standard InChI is InChI=1S/C18H15BrN2O2/c19-12-7-8-17-16(10-12)14-5-2-6-15(14)18(20-17)11-3-1-4-13(9-11)21(22)23/h1-5,7-10,14-15,18,20H,6H2/t14-,15-,18-/m0/s1. The number of fused-ring (bicyclic) bond motifs is 3. The fraction of sp³-hybridized carbons (Fsp3) is 0.222. The highest BCUT2D eigenvalue weighted by Gasteiger charge is 2.38. The Hall–Kier alpha value is -2.14. The molecule has 3 atom stereocenters. The van der Waals surface area contributed by atoms with Gasteiger partial charge in [0.2, 0.25) is 0 Å². The SMILES string of the molecule is O=[N+]([O-])c1cccc([C@@H]2Nc3ccc(Br)cc3[C@H]3C=CC[C@@H]32)c1. The summed E-state index contributed by atoms with van der Waals surface area (Å²) in [5, 5.41) is 14.7. The predicted octanol–water partition coefficient (Wildman–Crippen LogP) is 5.18. The van der Waals surface area contributed by atoms with Gasteiger partial charge in [0.1, 0.15) is 0 Å². The van der Waals surface area contributed by atoms with Crippen LogP contribution < -0.4 is 5.32 Å². The molecule has 0 fully saturated rings. The Bertz CT molecular complexity index is 818. The second-order valence-corrected chi connectivity index (χ2v) is 6.97. The maximum absolute atomic E-state index is 11.1. The summed E-state index contributed by atoms with van der Waals surface area (Å²) in [7, 11) is 0. The van der Waals surface area contributed by atoms with Crippen LogP contribution in [0.1, 0.15) is 29.5 Å². The maximum atomic E-state index is 11.1. The highest BCUT2D eigenvalue weighted by molar-refractivity contribution is 9.10. The van der Waals surface area contributed by atoms with E-state index in [4.69, 9.17) is 0 Å². The quantitative estimate of drug-likeness (QED) is 0.449. The van der Waals surface area contributed by atoms with E-state index in [-0.39, 0.29) is 16.7 Å². The molecular formula is C18H15BrN2O2. The zero-order valence-corrected chi connectivity index (χ0v) is 13.9. The number of rotatable bonds is 2. The molecule has 1 heterocycles. The minimum Gasteiger partial charge on any atom is -0.378 e. The van der Waals surface area contributed by atoms with Gasteiger partial charge in [-0.15, -0.1) is 0 Å². The fourth-order valence-electron chi connectivity index (χ4n) is 3.73. The molecule has 1 aliphatic heterocycles. The Morgan fingerprint density at radius 3 is 2.91 bits per heavy atom. The van der Waals surface area contributed by atoms with Crippen molar-refractivity contribution in [2.45, 2.75) is 18.4 Å². The molecule has 0 saturated heterocycles. The van der Waals surface area contributed by atoms with Crippen molar-refractivity contribution >= 4 is 27.3 Å². The third-order valence-corrected chi connectivity index (χ3v) is 5.26. The van der Waals surface area contributed by atoms with Gasteiger partial charge in [0, 0.05) is 28.2 Å². The van der Waals surface area contributed by atoms with Gasteiger partial charge >= 0.3 is 0 Å². The molecule has 0 unspecified atom stereocenters. The van der Waals surface area contributed by atoms with Crippen LogP contribution in [0.25, 0.3) is 0 Å². The lowest BCUT2D eigenvalue weighted by Crippen LogP contribution is -2.29. The number of nitrogens with zero attached hydrogens (tertiary/aromatic N) is 1. The predicted molar refractivity (Wildman–Crippen MR) is 93.6 cm³/mol. The summed E-state index contributed by atoms with van der Waals surface area (Å²) in [6, 6.07) is 13.3. The van der Waals surface area contributed by atoms with Crippen LogP contribution in [0, 0.1) is 16.0 Å². The summed E-state index contributed by atoms with van der Waals surface area (Å²) >= 11 is 3.55. The summed E-state index contributed by atoms with van der Waals surface area (Å²) in [5.41, 5.74) is 3.53. The molecule has 0 radical (unpaired) electrons. The third kappa shape index (κ3) is 2.45. The second kappa shape index (κ2) is 5.49. The number of anilines is 1. The first kappa shape index (κ1) is 14.5. The first-order valence-electron chi connectivity index (χ1n) is 7.60. The van der Waals surface area contributed by atoms with E-state index in [2.05, 4.69) is 45.5 Å². The molecule has 2 aliphatic rings. The Morgan fingerprint density at radius 2 is 2.09 bits per heavy atom. The molecule has 5 heteroatoms. The largest absolute Gasteiger partial charge is 0.378 e. The molecule has 2 aromatic carbocycles. The lowest BCUT2D eigenvalue weighted by molar-refractivity contribution is -0.384. The van der Waals surface area contributed by atoms with Gasteiger partial charge in [-0.2, -0.15) is 0 Å². The van der Waals surface area contributed by atoms with Gasteiger partial charge in [-0.25, -0.2) is 0 Å². The van der Waals surface area contributed by atoms with Gasteiger partial charge in [-0.3, -0.25) is 10.1 Å². The topological polar surface area (TPSA) is 55.2 Å². The second-order valence-electron chi connectivity index (χ2n) is 6.06. The molecule has 0 spiro atoms. The molecule has 4 rings (SSSR count). The zero-order valence-electron chi connectivity index (χ0n) is 12.3. The number of hydrogen-bond donors (Lipinski definition) is 1. The van der Waals surface area contributed by atoms with Crippen molar-refractivity contribution in [3.8, 4) is 0 Å². The monoisotopic (exact) mass is 370 g/mol. The van der Waals surface area contributed by atoms with Crippen molar-refractivity contribution in [1.29, 1.82) is 0 Å². The molecular weight excluding hydrogens is 356 g/mol. The van der Waals surface area contributed by atoms with E-state index in [1.807, 2.05) is 12.1 Å². The first-order valence-corrected chi connectivity index (χ1v) is 8.40. The summed E-state index contributed by atoms with van der Waals surface area (Å²) in [4.78, 5) is 10.7. The average molecular weight is 371 g/mol. The average Bonchev–Trinajstić information content (AvgIpc) is 3.04. The Morgan fingerprint density at radius 1 is 1.22 bits per heavy atom.